The molecule has 24 heavy (non-hydrogen) atoms. The average Bonchev–Trinajstić information content (AvgIpc) is 2.90. The molecule has 0 aromatic carbocycles. The first kappa shape index (κ1) is 19.6. The van der Waals surface area contributed by atoms with Crippen molar-refractivity contribution in [3.05, 3.63) is 16.2 Å². The molecule has 0 saturated heterocycles. The number of fused-ring (bicyclic) bond motifs is 1. The van der Waals surface area contributed by atoms with Crippen LogP contribution in [0.3, 0.4) is 0 Å². The molecule has 0 radical (unpaired) electrons. The van der Waals surface area contributed by atoms with Crippen molar-refractivity contribution >= 4 is 38.7 Å². The molecule has 2 aromatic heterocycles. The Hall–Kier alpha value is -0.720. The van der Waals surface area contributed by atoms with E-state index in [-0.39, 0.29) is 12.6 Å². The first-order chi connectivity index (χ1) is 11.7. The average molecular weight is 418 g/mol. The van der Waals surface area contributed by atoms with Gasteiger partial charge in [0.05, 0.1) is 0 Å². The molecular formula is C17H26BrClN4O. The highest BCUT2D eigenvalue weighted by molar-refractivity contribution is 9.10. The van der Waals surface area contributed by atoms with Gasteiger partial charge in [0.25, 0.3) is 0 Å². The van der Waals surface area contributed by atoms with E-state index in [1.165, 1.54) is 44.9 Å². The van der Waals surface area contributed by atoms with Crippen molar-refractivity contribution in [2.24, 2.45) is 0 Å². The molecule has 0 saturated carbocycles. The van der Waals surface area contributed by atoms with E-state index in [0.29, 0.717) is 21.8 Å². The molecular weight excluding hydrogens is 392 g/mol. The van der Waals surface area contributed by atoms with Crippen LogP contribution >= 0.6 is 27.5 Å². The number of imidazole rings is 1. The molecule has 0 spiro atoms. The van der Waals surface area contributed by atoms with Crippen LogP contribution in [-0.4, -0.2) is 31.2 Å². The van der Waals surface area contributed by atoms with Gasteiger partial charge >= 0.3 is 0 Å². The number of aromatic nitrogens is 4. The molecule has 0 fully saturated rings. The second-order valence-corrected chi connectivity index (χ2v) is 7.23. The molecule has 134 valence electrons. The van der Waals surface area contributed by atoms with Crippen molar-refractivity contribution in [1.29, 1.82) is 0 Å². The maximum absolute atomic E-state index is 9.44. The largest absolute Gasteiger partial charge is 0.396 e. The van der Waals surface area contributed by atoms with Crippen LogP contribution in [0.2, 0.25) is 5.15 Å². The van der Waals surface area contributed by atoms with Crippen molar-refractivity contribution in [3.8, 4) is 0 Å². The quantitative estimate of drug-likeness (QED) is 0.306. The molecule has 0 aliphatic rings. The van der Waals surface area contributed by atoms with Gasteiger partial charge in [0.2, 0.25) is 0 Å². The Bertz CT molecular complexity index is 634. The normalized spacial score (nSPS) is 12.8. The number of unbranched alkanes of at least 4 members (excludes halogenated alkanes) is 6. The number of aliphatic hydroxyl groups is 1. The van der Waals surface area contributed by atoms with Gasteiger partial charge in [-0.3, -0.25) is 4.57 Å². The van der Waals surface area contributed by atoms with Crippen LogP contribution in [0.4, 0.5) is 0 Å². The summed E-state index contributed by atoms with van der Waals surface area (Å²) >= 11 is 9.62. The maximum Gasteiger partial charge on any atom is 0.179 e. The molecule has 0 amide bonds. The van der Waals surface area contributed by atoms with E-state index in [1.54, 1.807) is 0 Å². The molecule has 2 heterocycles. The number of hydrogen-bond acceptors (Lipinski definition) is 4. The first-order valence-electron chi connectivity index (χ1n) is 8.83. The van der Waals surface area contributed by atoms with E-state index < -0.39 is 0 Å². The minimum Gasteiger partial charge on any atom is -0.396 e. The summed E-state index contributed by atoms with van der Waals surface area (Å²) in [5.74, 6) is 0. The molecule has 5 nitrogen and oxygen atoms in total. The van der Waals surface area contributed by atoms with Gasteiger partial charge in [-0.2, -0.15) is 0 Å². The highest BCUT2D eigenvalue weighted by Gasteiger charge is 2.20. The summed E-state index contributed by atoms with van der Waals surface area (Å²) in [6.07, 6.45) is 12.1. The van der Waals surface area contributed by atoms with Crippen molar-refractivity contribution in [1.82, 2.24) is 19.5 Å². The lowest BCUT2D eigenvalue weighted by molar-refractivity contribution is 0.250. The third kappa shape index (κ3) is 5.14. The lowest BCUT2D eigenvalue weighted by Crippen LogP contribution is -2.12. The summed E-state index contributed by atoms with van der Waals surface area (Å²) in [6.45, 7) is 2.38. The molecule has 1 N–H and O–H groups in total. The van der Waals surface area contributed by atoms with E-state index in [9.17, 15) is 5.11 Å². The molecule has 1 unspecified atom stereocenters. The zero-order valence-electron chi connectivity index (χ0n) is 14.2. The molecule has 0 aliphatic carbocycles. The highest BCUT2D eigenvalue weighted by Crippen LogP contribution is 2.30. The standard InChI is InChI=1S/C17H26BrClN4O/c1-2-3-4-5-6-7-8-9-13(10-11-24)23-16-14(22-17(23)18)15(19)20-12-21-16/h12-13,24H,2-11H2,1H3. The molecule has 1 atom stereocenters. The van der Waals surface area contributed by atoms with Gasteiger partial charge in [-0.1, -0.05) is 63.5 Å². The minimum atomic E-state index is 0.145. The van der Waals surface area contributed by atoms with Gasteiger partial charge in [0.15, 0.2) is 15.5 Å². The van der Waals surface area contributed by atoms with Crippen molar-refractivity contribution in [2.45, 2.75) is 70.8 Å². The Morgan fingerprint density at radius 1 is 1.12 bits per heavy atom. The fourth-order valence-electron chi connectivity index (χ4n) is 3.07. The number of aliphatic hydroxyl groups excluding tert-OH is 1. The monoisotopic (exact) mass is 416 g/mol. The number of nitrogens with zero attached hydrogens (tertiary/aromatic N) is 4. The lowest BCUT2D eigenvalue weighted by Gasteiger charge is -2.19. The third-order valence-corrected chi connectivity index (χ3v) is 5.19. The van der Waals surface area contributed by atoms with E-state index in [1.807, 2.05) is 4.57 Å². The van der Waals surface area contributed by atoms with Crippen LogP contribution in [0, 0.1) is 0 Å². The predicted octanol–water partition coefficient (Wildman–Crippen LogP) is 5.31. The summed E-state index contributed by atoms with van der Waals surface area (Å²) < 4.78 is 2.73. The summed E-state index contributed by atoms with van der Waals surface area (Å²) in [6, 6.07) is 0.163. The minimum absolute atomic E-state index is 0.145. The van der Waals surface area contributed by atoms with Crippen LogP contribution in [0.15, 0.2) is 11.1 Å². The summed E-state index contributed by atoms with van der Waals surface area (Å²) in [5.41, 5.74) is 1.33. The lowest BCUT2D eigenvalue weighted by atomic mass is 10.0. The number of rotatable bonds is 11. The predicted molar refractivity (Wildman–Crippen MR) is 101 cm³/mol. The fourth-order valence-corrected chi connectivity index (χ4v) is 3.87. The first-order valence-corrected chi connectivity index (χ1v) is 10.0. The van der Waals surface area contributed by atoms with Crippen molar-refractivity contribution in [2.75, 3.05) is 6.61 Å². The number of hydrogen-bond donors (Lipinski definition) is 1. The maximum atomic E-state index is 9.44. The van der Waals surface area contributed by atoms with E-state index in [0.717, 1.165) is 18.5 Å². The van der Waals surface area contributed by atoms with Gasteiger partial charge in [-0.05, 0) is 28.8 Å². The zero-order chi connectivity index (χ0) is 17.4. The van der Waals surface area contributed by atoms with Crippen LogP contribution in [0.25, 0.3) is 11.2 Å². The van der Waals surface area contributed by atoms with E-state index >= 15 is 0 Å². The summed E-state index contributed by atoms with van der Waals surface area (Å²) in [5, 5.41) is 9.80. The summed E-state index contributed by atoms with van der Waals surface area (Å²) in [4.78, 5) is 12.8. The van der Waals surface area contributed by atoms with Crippen LogP contribution in [0.5, 0.6) is 0 Å². The summed E-state index contributed by atoms with van der Waals surface area (Å²) in [7, 11) is 0. The van der Waals surface area contributed by atoms with Crippen molar-refractivity contribution in [3.63, 3.8) is 0 Å². The second-order valence-electron chi connectivity index (χ2n) is 6.16. The van der Waals surface area contributed by atoms with Gasteiger partial charge in [-0.25, -0.2) is 15.0 Å². The fraction of sp³-hybridized carbons (Fsp3) is 0.706. The molecule has 2 aromatic rings. The highest BCUT2D eigenvalue weighted by atomic mass is 79.9. The zero-order valence-corrected chi connectivity index (χ0v) is 16.6. The van der Waals surface area contributed by atoms with Crippen LogP contribution < -0.4 is 0 Å². The molecule has 2 rings (SSSR count). The smallest absolute Gasteiger partial charge is 0.179 e. The molecule has 0 bridgehead atoms. The Balaban J connectivity index is 2.00. The molecule has 0 aliphatic heterocycles. The van der Waals surface area contributed by atoms with Gasteiger partial charge in [-0.15, -0.1) is 0 Å². The SMILES string of the molecule is CCCCCCCCCC(CCO)n1c(Br)nc2c(Cl)ncnc21. The van der Waals surface area contributed by atoms with Crippen LogP contribution in [0.1, 0.15) is 70.8 Å². The van der Waals surface area contributed by atoms with Gasteiger partial charge in [0.1, 0.15) is 11.8 Å². The molecule has 7 heteroatoms. The Morgan fingerprint density at radius 2 is 1.83 bits per heavy atom. The van der Waals surface area contributed by atoms with E-state index in [2.05, 4.69) is 37.8 Å². The second kappa shape index (κ2) is 10.3. The topological polar surface area (TPSA) is 63.8 Å². The van der Waals surface area contributed by atoms with Gasteiger partial charge < -0.3 is 5.11 Å². The Kier molecular flexibility index (Phi) is 8.42. The van der Waals surface area contributed by atoms with Crippen molar-refractivity contribution < 1.29 is 5.11 Å². The third-order valence-electron chi connectivity index (χ3n) is 4.36. The Morgan fingerprint density at radius 3 is 2.54 bits per heavy atom. The number of halogens is 2. The van der Waals surface area contributed by atoms with Gasteiger partial charge in [0, 0.05) is 12.6 Å². The van der Waals surface area contributed by atoms with Crippen LogP contribution in [-0.2, 0) is 0 Å². The Labute approximate surface area is 157 Å². The van der Waals surface area contributed by atoms with E-state index in [4.69, 9.17) is 11.6 Å².